The average molecular weight is 457 g/mol. The van der Waals surface area contributed by atoms with Crippen LogP contribution in [0.15, 0.2) is 139 Å². The maximum Gasteiger partial charge on any atom is 0.163 e. The Bertz CT molecular complexity index is 1430. The predicted octanol–water partition coefficient (Wildman–Crippen LogP) is 8.51. The molecule has 0 fully saturated rings. The van der Waals surface area contributed by atoms with E-state index in [9.17, 15) is 0 Å². The lowest BCUT2D eigenvalue weighted by Gasteiger charge is -2.38. The van der Waals surface area contributed by atoms with Crippen molar-refractivity contribution in [2.45, 2.75) is 5.50 Å². The summed E-state index contributed by atoms with van der Waals surface area (Å²) in [6.45, 7) is 0. The fourth-order valence-corrected chi connectivity index (χ4v) is 5.75. The quantitative estimate of drug-likeness (QED) is 0.262. The normalized spacial score (nSPS) is 15.4. The van der Waals surface area contributed by atoms with Crippen LogP contribution < -0.4 is 9.80 Å². The Balaban J connectivity index is 1.51. The SMILES string of the molecule is C1=C(c2ccccc2)N(c2ccccc2)C(N(c2ccccc2)c2ccc3ccccc3c2)S1. The van der Waals surface area contributed by atoms with E-state index in [1.165, 1.54) is 39.1 Å². The van der Waals surface area contributed by atoms with Gasteiger partial charge in [0, 0.05) is 17.1 Å². The second-order valence-corrected chi connectivity index (χ2v) is 9.20. The van der Waals surface area contributed by atoms with Gasteiger partial charge in [-0.15, -0.1) is 0 Å². The number of para-hydroxylation sites is 2. The van der Waals surface area contributed by atoms with Crippen molar-refractivity contribution < 1.29 is 0 Å². The van der Waals surface area contributed by atoms with Crippen LogP contribution in [0.2, 0.25) is 0 Å². The molecule has 5 aromatic rings. The van der Waals surface area contributed by atoms with E-state index in [-0.39, 0.29) is 5.50 Å². The monoisotopic (exact) mass is 456 g/mol. The Morgan fingerprint density at radius 1 is 0.559 bits per heavy atom. The third-order valence-corrected chi connectivity index (χ3v) is 7.18. The molecule has 1 atom stereocenters. The van der Waals surface area contributed by atoms with Crippen LogP contribution in [0.3, 0.4) is 0 Å². The van der Waals surface area contributed by atoms with E-state index in [1.54, 1.807) is 0 Å². The summed E-state index contributed by atoms with van der Waals surface area (Å²) in [4.78, 5) is 4.89. The number of benzene rings is 5. The van der Waals surface area contributed by atoms with Crippen LogP contribution in [-0.4, -0.2) is 5.50 Å². The van der Waals surface area contributed by atoms with Crippen LogP contribution in [0.4, 0.5) is 17.1 Å². The molecule has 0 aromatic heterocycles. The Labute approximate surface area is 204 Å². The molecule has 1 aliphatic rings. The molecule has 0 N–H and O–H groups in total. The van der Waals surface area contributed by atoms with E-state index >= 15 is 0 Å². The number of fused-ring (bicyclic) bond motifs is 1. The lowest BCUT2D eigenvalue weighted by atomic mass is 10.1. The summed E-state index contributed by atoms with van der Waals surface area (Å²) >= 11 is 1.84. The molecule has 5 aromatic carbocycles. The smallest absolute Gasteiger partial charge is 0.163 e. The van der Waals surface area contributed by atoms with Gasteiger partial charge in [0.05, 0.1) is 5.70 Å². The Morgan fingerprint density at radius 3 is 1.91 bits per heavy atom. The van der Waals surface area contributed by atoms with Crippen LogP contribution in [0.1, 0.15) is 5.56 Å². The average Bonchev–Trinajstić information content (AvgIpc) is 3.35. The topological polar surface area (TPSA) is 6.48 Å². The second kappa shape index (κ2) is 9.12. The summed E-state index contributed by atoms with van der Waals surface area (Å²) in [5.74, 6) is 0. The van der Waals surface area contributed by atoms with E-state index in [0.29, 0.717) is 0 Å². The molecule has 1 aliphatic heterocycles. The summed E-state index contributed by atoms with van der Waals surface area (Å²) in [5, 5.41) is 4.79. The van der Waals surface area contributed by atoms with Gasteiger partial charge < -0.3 is 9.80 Å². The highest BCUT2D eigenvalue weighted by Crippen LogP contribution is 2.46. The van der Waals surface area contributed by atoms with Crippen molar-refractivity contribution in [3.8, 4) is 0 Å². The van der Waals surface area contributed by atoms with Gasteiger partial charge in [0.2, 0.25) is 0 Å². The molecular formula is C31H24N2S. The fraction of sp³-hybridized carbons (Fsp3) is 0.0323. The Hall–Kier alpha value is -3.95. The van der Waals surface area contributed by atoms with Crippen molar-refractivity contribution in [3.63, 3.8) is 0 Å². The second-order valence-electron chi connectivity index (χ2n) is 8.27. The van der Waals surface area contributed by atoms with Crippen molar-refractivity contribution in [1.29, 1.82) is 0 Å². The summed E-state index contributed by atoms with van der Waals surface area (Å²) in [7, 11) is 0. The lowest BCUT2D eigenvalue weighted by Crippen LogP contribution is -2.40. The number of nitrogens with zero attached hydrogens (tertiary/aromatic N) is 2. The zero-order valence-electron chi connectivity index (χ0n) is 18.7. The highest BCUT2D eigenvalue weighted by molar-refractivity contribution is 8.03. The van der Waals surface area contributed by atoms with Gasteiger partial charge in [0.1, 0.15) is 0 Å². The third-order valence-electron chi connectivity index (χ3n) is 6.15. The maximum absolute atomic E-state index is 2.45. The summed E-state index contributed by atoms with van der Waals surface area (Å²) in [6.07, 6.45) is 0. The largest absolute Gasteiger partial charge is 0.311 e. The number of anilines is 3. The third kappa shape index (κ3) is 3.85. The van der Waals surface area contributed by atoms with Crippen molar-refractivity contribution in [3.05, 3.63) is 144 Å². The molecule has 0 amide bonds. The zero-order chi connectivity index (χ0) is 22.7. The first-order valence-corrected chi connectivity index (χ1v) is 12.4. The number of hydrogen-bond donors (Lipinski definition) is 0. The van der Waals surface area contributed by atoms with Crippen molar-refractivity contribution in [2.75, 3.05) is 9.80 Å². The number of rotatable bonds is 5. The van der Waals surface area contributed by atoms with Crippen molar-refractivity contribution in [2.24, 2.45) is 0 Å². The predicted molar refractivity (Wildman–Crippen MR) is 147 cm³/mol. The van der Waals surface area contributed by atoms with Gasteiger partial charge in [-0.3, -0.25) is 0 Å². The van der Waals surface area contributed by atoms with Gasteiger partial charge in [0.15, 0.2) is 5.50 Å². The number of hydrogen-bond acceptors (Lipinski definition) is 3. The minimum atomic E-state index is 0.0289. The van der Waals surface area contributed by atoms with Gasteiger partial charge in [-0.25, -0.2) is 0 Å². The van der Waals surface area contributed by atoms with Crippen LogP contribution in [0.5, 0.6) is 0 Å². The van der Waals surface area contributed by atoms with Crippen LogP contribution in [0.25, 0.3) is 16.5 Å². The first-order chi connectivity index (χ1) is 16.9. The lowest BCUT2D eigenvalue weighted by molar-refractivity contribution is 0.885. The fourth-order valence-electron chi connectivity index (χ4n) is 4.53. The summed E-state index contributed by atoms with van der Waals surface area (Å²) in [5.41, 5.74) is 5.97. The molecule has 34 heavy (non-hydrogen) atoms. The molecule has 1 unspecified atom stereocenters. The minimum absolute atomic E-state index is 0.0289. The Kier molecular flexibility index (Phi) is 5.54. The van der Waals surface area contributed by atoms with E-state index in [1.807, 2.05) is 11.8 Å². The van der Waals surface area contributed by atoms with Gasteiger partial charge in [0.25, 0.3) is 0 Å². The molecule has 6 rings (SSSR count). The van der Waals surface area contributed by atoms with Gasteiger partial charge in [-0.05, 0) is 58.1 Å². The van der Waals surface area contributed by atoms with Crippen LogP contribution in [-0.2, 0) is 0 Å². The minimum Gasteiger partial charge on any atom is -0.311 e. The van der Waals surface area contributed by atoms with Gasteiger partial charge in [-0.2, -0.15) is 0 Å². The van der Waals surface area contributed by atoms with Crippen LogP contribution in [0, 0.1) is 0 Å². The maximum atomic E-state index is 2.45. The molecule has 0 radical (unpaired) electrons. The summed E-state index contributed by atoms with van der Waals surface area (Å²) < 4.78 is 0. The van der Waals surface area contributed by atoms with E-state index in [0.717, 1.165) is 0 Å². The van der Waals surface area contributed by atoms with E-state index in [2.05, 4.69) is 149 Å². The van der Waals surface area contributed by atoms with E-state index in [4.69, 9.17) is 0 Å². The molecule has 3 heteroatoms. The highest BCUT2D eigenvalue weighted by atomic mass is 32.2. The highest BCUT2D eigenvalue weighted by Gasteiger charge is 2.34. The van der Waals surface area contributed by atoms with Crippen molar-refractivity contribution >= 4 is 45.3 Å². The molecule has 1 heterocycles. The van der Waals surface area contributed by atoms with E-state index < -0.39 is 0 Å². The van der Waals surface area contributed by atoms with Gasteiger partial charge in [-0.1, -0.05) is 109 Å². The molecule has 0 bridgehead atoms. The molecule has 0 aliphatic carbocycles. The molecular weight excluding hydrogens is 432 g/mol. The summed E-state index contributed by atoms with van der Waals surface area (Å²) in [6, 6.07) is 47.3. The standard InChI is InChI=1S/C31H24N2S/c1-4-13-25(14-5-1)30-23-34-31(33(30)28-18-8-3-9-19-28)32(27-16-6-2-7-17-27)29-21-20-24-12-10-11-15-26(24)22-29/h1-23,31H. The molecule has 2 nitrogen and oxygen atoms in total. The zero-order valence-corrected chi connectivity index (χ0v) is 19.5. The Morgan fingerprint density at radius 2 is 1.18 bits per heavy atom. The molecule has 164 valence electrons. The number of thioether (sulfide) groups is 1. The first kappa shape index (κ1) is 20.6. The first-order valence-electron chi connectivity index (χ1n) is 11.5. The molecule has 0 spiro atoms. The van der Waals surface area contributed by atoms with Crippen molar-refractivity contribution in [1.82, 2.24) is 0 Å². The van der Waals surface area contributed by atoms with Crippen LogP contribution >= 0.6 is 11.8 Å². The molecule has 0 saturated heterocycles. The molecule has 0 saturated carbocycles. The van der Waals surface area contributed by atoms with Gasteiger partial charge >= 0.3 is 0 Å².